The van der Waals surface area contributed by atoms with Crippen LogP contribution in [0.1, 0.15) is 44.9 Å². The van der Waals surface area contributed by atoms with Crippen molar-refractivity contribution >= 4 is 0 Å². The van der Waals surface area contributed by atoms with Crippen molar-refractivity contribution in [3.63, 3.8) is 0 Å². The van der Waals surface area contributed by atoms with Gasteiger partial charge in [-0.25, -0.2) is 4.98 Å². The van der Waals surface area contributed by atoms with Gasteiger partial charge in [-0.05, 0) is 31.7 Å². The second-order valence-corrected chi connectivity index (χ2v) is 4.80. The van der Waals surface area contributed by atoms with Gasteiger partial charge in [0.25, 0.3) is 0 Å². The number of imidazole rings is 1. The maximum atomic E-state index is 4.38. The second-order valence-electron chi connectivity index (χ2n) is 4.80. The fraction of sp³-hybridized carbons (Fsp3) is 0.769. The Labute approximate surface area is 98.3 Å². The standard InChI is InChI=1S/C13H23N3/c1-2-9-16-10-8-15-13(16)11-14-7-3-4-12-5-6-12/h8,10,12,14H,2-7,9,11H2,1H3. The predicted molar refractivity (Wildman–Crippen MR) is 66.2 cm³/mol. The van der Waals surface area contributed by atoms with E-state index in [1.54, 1.807) is 0 Å². The summed E-state index contributed by atoms with van der Waals surface area (Å²) < 4.78 is 2.24. The fourth-order valence-corrected chi connectivity index (χ4v) is 2.07. The first kappa shape index (κ1) is 11.6. The average Bonchev–Trinajstić information content (AvgIpc) is 3.00. The number of rotatable bonds is 8. The zero-order chi connectivity index (χ0) is 11.2. The summed E-state index contributed by atoms with van der Waals surface area (Å²) in [5.41, 5.74) is 0. The topological polar surface area (TPSA) is 29.9 Å². The lowest BCUT2D eigenvalue weighted by Gasteiger charge is -2.07. The van der Waals surface area contributed by atoms with E-state index in [-0.39, 0.29) is 0 Å². The molecular formula is C13H23N3. The Hall–Kier alpha value is -0.830. The third-order valence-electron chi connectivity index (χ3n) is 3.21. The van der Waals surface area contributed by atoms with Gasteiger partial charge in [-0.3, -0.25) is 0 Å². The highest BCUT2D eigenvalue weighted by molar-refractivity contribution is 4.91. The average molecular weight is 221 g/mol. The second kappa shape index (κ2) is 6.04. The van der Waals surface area contributed by atoms with Crippen LogP contribution in [0.3, 0.4) is 0 Å². The van der Waals surface area contributed by atoms with Crippen LogP contribution in [-0.2, 0) is 13.1 Å². The first-order valence-electron chi connectivity index (χ1n) is 6.61. The molecule has 0 aliphatic heterocycles. The highest BCUT2D eigenvalue weighted by Crippen LogP contribution is 2.33. The number of nitrogens with one attached hydrogen (secondary N) is 1. The first-order chi connectivity index (χ1) is 7.90. The highest BCUT2D eigenvalue weighted by atomic mass is 15.1. The molecule has 1 aliphatic carbocycles. The Morgan fingerprint density at radius 3 is 3.12 bits per heavy atom. The van der Waals surface area contributed by atoms with Gasteiger partial charge in [-0.15, -0.1) is 0 Å². The summed E-state index contributed by atoms with van der Waals surface area (Å²) in [5, 5.41) is 3.49. The van der Waals surface area contributed by atoms with E-state index in [0.29, 0.717) is 0 Å². The van der Waals surface area contributed by atoms with Crippen LogP contribution >= 0.6 is 0 Å². The lowest BCUT2D eigenvalue weighted by molar-refractivity contribution is 0.557. The first-order valence-corrected chi connectivity index (χ1v) is 6.61. The summed E-state index contributed by atoms with van der Waals surface area (Å²) >= 11 is 0. The molecule has 1 fully saturated rings. The zero-order valence-electron chi connectivity index (χ0n) is 10.3. The molecule has 1 aliphatic rings. The number of aromatic nitrogens is 2. The van der Waals surface area contributed by atoms with Crippen LogP contribution in [0, 0.1) is 5.92 Å². The molecule has 0 spiro atoms. The maximum Gasteiger partial charge on any atom is 0.122 e. The molecule has 0 aromatic carbocycles. The van der Waals surface area contributed by atoms with Crippen molar-refractivity contribution in [2.24, 2.45) is 5.92 Å². The van der Waals surface area contributed by atoms with Crippen LogP contribution in [0.25, 0.3) is 0 Å². The monoisotopic (exact) mass is 221 g/mol. The molecule has 0 amide bonds. The molecule has 3 nitrogen and oxygen atoms in total. The van der Waals surface area contributed by atoms with Gasteiger partial charge in [0, 0.05) is 18.9 Å². The summed E-state index contributed by atoms with van der Waals surface area (Å²) in [7, 11) is 0. The molecule has 0 radical (unpaired) electrons. The van der Waals surface area contributed by atoms with E-state index in [1.165, 1.54) is 37.9 Å². The number of hydrogen-bond acceptors (Lipinski definition) is 2. The van der Waals surface area contributed by atoms with Gasteiger partial charge in [-0.1, -0.05) is 19.8 Å². The third kappa shape index (κ3) is 3.63. The fourth-order valence-electron chi connectivity index (χ4n) is 2.07. The van der Waals surface area contributed by atoms with Crippen molar-refractivity contribution in [3.05, 3.63) is 18.2 Å². The van der Waals surface area contributed by atoms with Crippen LogP contribution in [-0.4, -0.2) is 16.1 Å². The summed E-state index contributed by atoms with van der Waals surface area (Å²) in [6, 6.07) is 0. The quantitative estimate of drug-likeness (QED) is 0.684. The van der Waals surface area contributed by atoms with E-state index >= 15 is 0 Å². The van der Waals surface area contributed by atoms with Gasteiger partial charge < -0.3 is 9.88 Å². The van der Waals surface area contributed by atoms with E-state index in [0.717, 1.165) is 25.6 Å². The number of nitrogens with zero attached hydrogens (tertiary/aromatic N) is 2. The van der Waals surface area contributed by atoms with Crippen molar-refractivity contribution in [1.29, 1.82) is 0 Å². The minimum absolute atomic E-state index is 0.914. The lowest BCUT2D eigenvalue weighted by Crippen LogP contribution is -2.18. The van der Waals surface area contributed by atoms with E-state index in [9.17, 15) is 0 Å². The normalized spacial score (nSPS) is 15.6. The molecule has 0 saturated heterocycles. The van der Waals surface area contributed by atoms with Gasteiger partial charge in [0.2, 0.25) is 0 Å². The minimum Gasteiger partial charge on any atom is -0.334 e. The molecule has 1 N–H and O–H groups in total. The van der Waals surface area contributed by atoms with Crippen LogP contribution < -0.4 is 5.32 Å². The van der Waals surface area contributed by atoms with Crippen molar-refractivity contribution in [2.75, 3.05) is 6.54 Å². The minimum atomic E-state index is 0.914. The SMILES string of the molecule is CCCn1ccnc1CNCCCC1CC1. The summed E-state index contributed by atoms with van der Waals surface area (Å²) in [6.07, 6.45) is 10.8. The van der Waals surface area contributed by atoms with Gasteiger partial charge in [0.15, 0.2) is 0 Å². The van der Waals surface area contributed by atoms with Gasteiger partial charge in [0.1, 0.15) is 5.82 Å². The highest BCUT2D eigenvalue weighted by Gasteiger charge is 2.19. The van der Waals surface area contributed by atoms with E-state index in [4.69, 9.17) is 0 Å². The molecule has 3 heteroatoms. The Balaban J connectivity index is 1.61. The molecule has 1 heterocycles. The molecule has 0 bridgehead atoms. The van der Waals surface area contributed by atoms with E-state index in [2.05, 4.69) is 28.0 Å². The van der Waals surface area contributed by atoms with Crippen molar-refractivity contribution in [2.45, 2.75) is 52.1 Å². The molecule has 0 unspecified atom stereocenters. The molecule has 2 rings (SSSR count). The number of aryl methyl sites for hydroxylation is 1. The number of hydrogen-bond donors (Lipinski definition) is 1. The van der Waals surface area contributed by atoms with Crippen molar-refractivity contribution < 1.29 is 0 Å². The predicted octanol–water partition coefficient (Wildman–Crippen LogP) is 2.57. The Bertz CT molecular complexity index is 302. The molecule has 1 aromatic rings. The third-order valence-corrected chi connectivity index (χ3v) is 3.21. The van der Waals surface area contributed by atoms with Gasteiger partial charge in [-0.2, -0.15) is 0 Å². The summed E-state index contributed by atoms with van der Waals surface area (Å²) in [5.74, 6) is 2.23. The molecule has 1 aromatic heterocycles. The Morgan fingerprint density at radius 1 is 1.50 bits per heavy atom. The summed E-state index contributed by atoms with van der Waals surface area (Å²) in [6.45, 7) is 5.33. The van der Waals surface area contributed by atoms with Crippen LogP contribution in [0.2, 0.25) is 0 Å². The largest absolute Gasteiger partial charge is 0.334 e. The van der Waals surface area contributed by atoms with E-state index < -0.39 is 0 Å². The smallest absolute Gasteiger partial charge is 0.122 e. The van der Waals surface area contributed by atoms with Gasteiger partial charge in [0.05, 0.1) is 6.54 Å². The van der Waals surface area contributed by atoms with Crippen LogP contribution in [0.4, 0.5) is 0 Å². The summed E-state index contributed by atoms with van der Waals surface area (Å²) in [4.78, 5) is 4.38. The Kier molecular flexibility index (Phi) is 4.40. The molecule has 1 saturated carbocycles. The maximum absolute atomic E-state index is 4.38. The van der Waals surface area contributed by atoms with Crippen LogP contribution in [0.5, 0.6) is 0 Å². The van der Waals surface area contributed by atoms with Crippen molar-refractivity contribution in [1.82, 2.24) is 14.9 Å². The zero-order valence-corrected chi connectivity index (χ0v) is 10.3. The molecular weight excluding hydrogens is 198 g/mol. The molecule has 0 atom stereocenters. The van der Waals surface area contributed by atoms with E-state index in [1.807, 2.05) is 6.20 Å². The Morgan fingerprint density at radius 2 is 2.38 bits per heavy atom. The molecule has 90 valence electrons. The van der Waals surface area contributed by atoms with Crippen LogP contribution in [0.15, 0.2) is 12.4 Å². The van der Waals surface area contributed by atoms with Crippen molar-refractivity contribution in [3.8, 4) is 0 Å². The van der Waals surface area contributed by atoms with Gasteiger partial charge >= 0.3 is 0 Å². The lowest BCUT2D eigenvalue weighted by atomic mass is 10.2. The molecule has 16 heavy (non-hydrogen) atoms.